The van der Waals surface area contributed by atoms with Crippen molar-refractivity contribution in [2.45, 2.75) is 0 Å². The highest BCUT2D eigenvalue weighted by molar-refractivity contribution is 7.14. The molecular formula is C15H8N2O2S. The van der Waals surface area contributed by atoms with Gasteiger partial charge in [-0.15, -0.1) is 11.3 Å². The third-order valence-electron chi connectivity index (χ3n) is 3.28. The van der Waals surface area contributed by atoms with E-state index in [-0.39, 0.29) is 5.56 Å². The number of carbonyl (C=O) groups is 1. The summed E-state index contributed by atoms with van der Waals surface area (Å²) in [6.45, 7) is 0. The Balaban J connectivity index is 2.18. The molecule has 3 heterocycles. The van der Waals surface area contributed by atoms with Gasteiger partial charge in [0, 0.05) is 5.39 Å². The summed E-state index contributed by atoms with van der Waals surface area (Å²) in [6, 6.07) is 10.8. The molecule has 4 nitrogen and oxygen atoms in total. The van der Waals surface area contributed by atoms with E-state index in [0.29, 0.717) is 10.9 Å². The third kappa shape index (κ3) is 1.50. The van der Waals surface area contributed by atoms with Crippen LogP contribution in [-0.4, -0.2) is 21.0 Å². The summed E-state index contributed by atoms with van der Waals surface area (Å²) in [6.07, 6.45) is 0. The fraction of sp³-hybridized carbons (Fsp3) is 0. The monoisotopic (exact) mass is 280 g/mol. The molecule has 4 rings (SSSR count). The highest BCUT2D eigenvalue weighted by Gasteiger charge is 2.16. The van der Waals surface area contributed by atoms with Crippen LogP contribution in [0.2, 0.25) is 0 Å². The van der Waals surface area contributed by atoms with Gasteiger partial charge in [-0.2, -0.15) is 0 Å². The Bertz CT molecular complexity index is 945. The van der Waals surface area contributed by atoms with Crippen molar-refractivity contribution in [3.8, 4) is 10.6 Å². The molecule has 0 spiro atoms. The van der Waals surface area contributed by atoms with Crippen molar-refractivity contribution in [3.63, 3.8) is 0 Å². The molecule has 0 radical (unpaired) electrons. The fourth-order valence-electron chi connectivity index (χ4n) is 2.39. The maximum Gasteiger partial charge on any atom is 0.336 e. The van der Waals surface area contributed by atoms with Gasteiger partial charge in [0.1, 0.15) is 5.52 Å². The first-order valence-electron chi connectivity index (χ1n) is 6.04. The van der Waals surface area contributed by atoms with E-state index in [4.69, 9.17) is 0 Å². The van der Waals surface area contributed by atoms with Gasteiger partial charge in [-0.05, 0) is 29.6 Å². The first kappa shape index (κ1) is 11.3. The van der Waals surface area contributed by atoms with E-state index in [0.717, 1.165) is 21.6 Å². The second-order valence-corrected chi connectivity index (χ2v) is 5.39. The predicted molar refractivity (Wildman–Crippen MR) is 78.5 cm³/mol. The van der Waals surface area contributed by atoms with Crippen molar-refractivity contribution in [2.75, 3.05) is 0 Å². The molecule has 0 amide bonds. The number of hydrogen-bond acceptors (Lipinski definition) is 4. The van der Waals surface area contributed by atoms with E-state index < -0.39 is 5.97 Å². The van der Waals surface area contributed by atoms with Crippen LogP contribution in [0.25, 0.3) is 32.5 Å². The normalized spacial score (nSPS) is 11.4. The molecule has 1 aromatic carbocycles. The van der Waals surface area contributed by atoms with Gasteiger partial charge < -0.3 is 5.11 Å². The molecule has 0 bridgehead atoms. The fourth-order valence-corrected chi connectivity index (χ4v) is 3.18. The summed E-state index contributed by atoms with van der Waals surface area (Å²) in [7, 11) is 0. The number of fused-ring (bicyclic) bond motifs is 4. The minimum Gasteiger partial charge on any atom is -0.478 e. The lowest BCUT2D eigenvalue weighted by Gasteiger charge is -2.02. The van der Waals surface area contributed by atoms with Gasteiger partial charge in [0.15, 0.2) is 0 Å². The minimum absolute atomic E-state index is 0.257. The Hall–Kier alpha value is -2.53. The molecule has 2 aromatic rings. The van der Waals surface area contributed by atoms with Crippen LogP contribution in [0.3, 0.4) is 0 Å². The molecule has 0 unspecified atom stereocenters. The Morgan fingerprint density at radius 1 is 1.10 bits per heavy atom. The second kappa shape index (κ2) is 3.98. The van der Waals surface area contributed by atoms with Crippen LogP contribution in [0.1, 0.15) is 10.4 Å². The van der Waals surface area contributed by atoms with Gasteiger partial charge in [-0.25, -0.2) is 14.8 Å². The second-order valence-electron chi connectivity index (χ2n) is 4.47. The number of pyridine rings is 1. The van der Waals surface area contributed by atoms with Gasteiger partial charge >= 0.3 is 5.97 Å². The van der Waals surface area contributed by atoms with Crippen molar-refractivity contribution in [1.29, 1.82) is 0 Å². The third-order valence-corrected chi connectivity index (χ3v) is 4.21. The van der Waals surface area contributed by atoms with Gasteiger partial charge in [-0.3, -0.25) is 0 Å². The van der Waals surface area contributed by atoms with Crippen molar-refractivity contribution in [3.05, 3.63) is 47.3 Å². The minimum atomic E-state index is -0.948. The van der Waals surface area contributed by atoms with Crippen molar-refractivity contribution < 1.29 is 9.90 Å². The lowest BCUT2D eigenvalue weighted by atomic mass is 10.1. The number of carboxylic acid groups (broad SMARTS) is 1. The van der Waals surface area contributed by atoms with E-state index >= 15 is 0 Å². The summed E-state index contributed by atoms with van der Waals surface area (Å²) in [5.41, 5.74) is 3.41. The summed E-state index contributed by atoms with van der Waals surface area (Å²) < 4.78 is 0. The average molecular weight is 280 g/mol. The summed E-state index contributed by atoms with van der Waals surface area (Å²) >= 11 is 1.59. The molecule has 5 heteroatoms. The molecule has 0 atom stereocenters. The number of carboxylic acids is 1. The molecule has 2 aliphatic rings. The van der Waals surface area contributed by atoms with Crippen LogP contribution < -0.4 is 0 Å². The van der Waals surface area contributed by atoms with Crippen LogP contribution in [0.15, 0.2) is 41.8 Å². The zero-order valence-electron chi connectivity index (χ0n) is 10.2. The molecule has 2 aliphatic heterocycles. The highest BCUT2D eigenvalue weighted by atomic mass is 32.1. The number of benzene rings is 1. The SMILES string of the molecule is O=C(O)c1cccc2nc3c4scccc-4nc3cc12. The number of hydrogen-bond donors (Lipinski definition) is 1. The molecular weight excluding hydrogens is 272 g/mol. The van der Waals surface area contributed by atoms with E-state index in [1.807, 2.05) is 29.6 Å². The Labute approximate surface area is 117 Å². The van der Waals surface area contributed by atoms with Crippen LogP contribution >= 0.6 is 11.3 Å². The molecule has 1 N–H and O–H groups in total. The average Bonchev–Trinajstić information content (AvgIpc) is 2.81. The maximum atomic E-state index is 11.3. The van der Waals surface area contributed by atoms with Crippen molar-refractivity contribution in [2.24, 2.45) is 0 Å². The van der Waals surface area contributed by atoms with E-state index in [9.17, 15) is 9.90 Å². The number of aromatic nitrogens is 2. The van der Waals surface area contributed by atoms with Crippen LogP contribution in [0, 0.1) is 0 Å². The largest absolute Gasteiger partial charge is 0.478 e. The molecule has 0 fully saturated rings. The van der Waals surface area contributed by atoms with E-state index in [2.05, 4.69) is 9.97 Å². The summed E-state index contributed by atoms with van der Waals surface area (Å²) in [4.78, 5) is 21.4. The Kier molecular flexibility index (Phi) is 2.25. The van der Waals surface area contributed by atoms with Crippen LogP contribution in [0.4, 0.5) is 0 Å². The first-order valence-corrected chi connectivity index (χ1v) is 6.92. The molecule has 20 heavy (non-hydrogen) atoms. The smallest absolute Gasteiger partial charge is 0.336 e. The van der Waals surface area contributed by atoms with Gasteiger partial charge in [0.25, 0.3) is 0 Å². The molecule has 96 valence electrons. The lowest BCUT2D eigenvalue weighted by Crippen LogP contribution is -1.97. The molecule has 1 aromatic heterocycles. The summed E-state index contributed by atoms with van der Waals surface area (Å²) in [5.74, 6) is -0.948. The zero-order chi connectivity index (χ0) is 13.7. The number of aromatic carboxylic acids is 1. The van der Waals surface area contributed by atoms with Crippen molar-refractivity contribution >= 4 is 39.2 Å². The first-order chi connectivity index (χ1) is 9.74. The quantitative estimate of drug-likeness (QED) is 0.578. The number of nitrogens with zero attached hydrogens (tertiary/aromatic N) is 2. The zero-order valence-corrected chi connectivity index (χ0v) is 11.0. The lowest BCUT2D eigenvalue weighted by molar-refractivity contribution is 0.0699. The molecule has 0 saturated carbocycles. The van der Waals surface area contributed by atoms with Crippen molar-refractivity contribution in [1.82, 2.24) is 9.97 Å². The van der Waals surface area contributed by atoms with Crippen LogP contribution in [0.5, 0.6) is 0 Å². The van der Waals surface area contributed by atoms with Crippen LogP contribution in [-0.2, 0) is 0 Å². The number of rotatable bonds is 1. The molecule has 0 aliphatic carbocycles. The highest BCUT2D eigenvalue weighted by Crippen LogP contribution is 2.34. The molecule has 0 saturated heterocycles. The topological polar surface area (TPSA) is 63.1 Å². The van der Waals surface area contributed by atoms with E-state index in [1.165, 1.54) is 0 Å². The Morgan fingerprint density at radius 2 is 2.00 bits per heavy atom. The maximum absolute atomic E-state index is 11.3. The predicted octanol–water partition coefficient (Wildman–Crippen LogP) is 3.65. The summed E-state index contributed by atoms with van der Waals surface area (Å²) in [5, 5.41) is 11.9. The Morgan fingerprint density at radius 3 is 2.85 bits per heavy atom. The van der Waals surface area contributed by atoms with E-state index in [1.54, 1.807) is 23.5 Å². The van der Waals surface area contributed by atoms with Gasteiger partial charge in [0.05, 0.1) is 27.2 Å². The van der Waals surface area contributed by atoms with Gasteiger partial charge in [-0.1, -0.05) is 12.1 Å². The standard InChI is InChI=1S/C15H8N2O2S/c18-15(19)8-3-1-4-10-9(8)7-12-13(17-10)14-11(16-12)5-2-6-20-14/h1-7H,(H,18,19). The van der Waals surface area contributed by atoms with Gasteiger partial charge in [0.2, 0.25) is 0 Å².